The second-order valence-electron chi connectivity index (χ2n) is 13.3. The highest BCUT2D eigenvalue weighted by Gasteiger charge is 2.23. The molecule has 0 aliphatic heterocycles. The van der Waals surface area contributed by atoms with Crippen LogP contribution in [0.25, 0.3) is 0 Å². The number of benzene rings is 5. The van der Waals surface area contributed by atoms with E-state index in [1.54, 1.807) is 59.5 Å². The fraction of sp³-hybridized carbons (Fsp3) is 0.277. The Kier molecular flexibility index (Phi) is 24.2. The Morgan fingerprint density at radius 1 is 0.683 bits per heavy atom. The number of hydrogen-bond acceptors (Lipinski definition) is 8. The Morgan fingerprint density at radius 2 is 1.13 bits per heavy atom. The molecule has 0 saturated heterocycles. The van der Waals surface area contributed by atoms with E-state index >= 15 is 0 Å². The summed E-state index contributed by atoms with van der Waals surface area (Å²) in [6.45, 7) is 7.05. The van der Waals surface area contributed by atoms with Gasteiger partial charge >= 0.3 is 0 Å². The first-order valence-electron chi connectivity index (χ1n) is 19.3. The predicted octanol–water partition coefficient (Wildman–Crippen LogP) is 8.92. The van der Waals surface area contributed by atoms with Gasteiger partial charge in [-0.1, -0.05) is 13.8 Å². The van der Waals surface area contributed by atoms with Crippen LogP contribution in [0.5, 0.6) is 11.5 Å². The molecule has 2 amide bonds. The van der Waals surface area contributed by atoms with Gasteiger partial charge in [0.25, 0.3) is 5.91 Å². The Morgan fingerprint density at radius 3 is 1.52 bits per heavy atom. The number of halogens is 6. The minimum Gasteiger partial charge on any atom is -0.497 e. The Labute approximate surface area is 364 Å². The molecule has 10 nitrogen and oxygen atoms in total. The number of likely N-dealkylation sites (N-methyl/N-ethyl adjacent to an activating group) is 2. The number of carbonyl (C=O) groups is 4. The van der Waals surface area contributed by atoms with Crippen LogP contribution < -0.4 is 29.9 Å². The zero-order valence-corrected chi connectivity index (χ0v) is 36.9. The largest absolute Gasteiger partial charge is 0.497 e. The standard InChI is InChI=1S/C18H20F2N2O2.C11H9F2NO3.C9H13NO.C7H6F2.C2H6/c1-21-17(10-12-8-13(19)11-14(20)9-12)18(23)22(2)15-4-6-16(24-3)7-5-15;1-6(4-15)14-11(17)8-3-10(13)9(12)2-7(8)5-16;1-10(2)8-4-6-9(11-3)7-5-8;1-5-2-6(8)4-7(9)3-5;1-2/h4-9,11,17,21H,10H2,1-3H3;2-6H,1H3,(H,14,17);4-7H,1-3H3;2-4H,1H3;1-2H3/t;6-;;;/m.0.../s1. The highest BCUT2D eigenvalue weighted by Crippen LogP contribution is 2.20. The third kappa shape index (κ3) is 18.9. The van der Waals surface area contributed by atoms with Crippen molar-refractivity contribution in [3.8, 4) is 11.5 Å². The maximum Gasteiger partial charge on any atom is 0.252 e. The zero-order chi connectivity index (χ0) is 47.8. The number of methoxy groups -OCH3 is 2. The van der Waals surface area contributed by atoms with Gasteiger partial charge in [0.15, 0.2) is 17.9 Å². The Bertz CT molecular complexity index is 2140. The van der Waals surface area contributed by atoms with E-state index in [1.807, 2.05) is 52.2 Å². The summed E-state index contributed by atoms with van der Waals surface area (Å²) in [5.41, 5.74) is 2.32. The van der Waals surface area contributed by atoms with Gasteiger partial charge in [-0.25, -0.2) is 26.3 Å². The second kappa shape index (κ2) is 28.0. The first-order chi connectivity index (χ1) is 29.8. The number of nitrogens with zero attached hydrogens (tertiary/aromatic N) is 2. The van der Waals surface area contributed by atoms with Crippen molar-refractivity contribution in [3.05, 3.63) is 154 Å². The molecule has 2 atom stereocenters. The molecule has 0 aliphatic rings. The Hall–Kier alpha value is -6.68. The summed E-state index contributed by atoms with van der Waals surface area (Å²) in [6.07, 6.45) is 0.895. The molecule has 5 rings (SSSR count). The average molecular weight is 885 g/mol. The van der Waals surface area contributed by atoms with Crippen molar-refractivity contribution in [1.82, 2.24) is 10.6 Å². The molecule has 0 spiro atoms. The monoisotopic (exact) mass is 884 g/mol. The van der Waals surface area contributed by atoms with Crippen LogP contribution >= 0.6 is 0 Å². The summed E-state index contributed by atoms with van der Waals surface area (Å²) in [5.74, 6) is -4.23. The number of nitrogens with one attached hydrogen (secondary N) is 2. The molecule has 0 bridgehead atoms. The topological polar surface area (TPSA) is 117 Å². The molecule has 0 saturated carbocycles. The van der Waals surface area contributed by atoms with E-state index < -0.39 is 52.9 Å². The molecular weight excluding hydrogens is 831 g/mol. The third-order valence-corrected chi connectivity index (χ3v) is 8.42. The summed E-state index contributed by atoms with van der Waals surface area (Å²) in [5, 5.41) is 5.11. The van der Waals surface area contributed by atoms with Crippen LogP contribution in [0, 0.1) is 41.8 Å². The maximum atomic E-state index is 13.3. The van der Waals surface area contributed by atoms with Crippen LogP contribution in [0.4, 0.5) is 37.7 Å². The number of anilines is 2. The Balaban J connectivity index is 0.000000443. The predicted molar refractivity (Wildman–Crippen MR) is 234 cm³/mol. The number of aryl methyl sites for hydroxylation is 1. The lowest BCUT2D eigenvalue weighted by molar-refractivity contribution is -0.120. The molecule has 0 radical (unpaired) electrons. The highest BCUT2D eigenvalue weighted by atomic mass is 19.2. The van der Waals surface area contributed by atoms with E-state index in [0.29, 0.717) is 41.0 Å². The fourth-order valence-electron chi connectivity index (χ4n) is 5.19. The first-order valence-corrected chi connectivity index (χ1v) is 19.3. The van der Waals surface area contributed by atoms with Crippen molar-refractivity contribution in [1.29, 1.82) is 0 Å². The molecule has 16 heteroatoms. The number of hydrogen-bond donors (Lipinski definition) is 2. The van der Waals surface area contributed by atoms with Crippen molar-refractivity contribution in [2.24, 2.45) is 0 Å². The van der Waals surface area contributed by atoms with E-state index in [0.717, 1.165) is 17.9 Å². The summed E-state index contributed by atoms with van der Waals surface area (Å²) in [4.78, 5) is 48.7. The lowest BCUT2D eigenvalue weighted by atomic mass is 10.0. The minimum atomic E-state index is -1.24. The SMILES string of the molecule is CC.CNC(Cc1cc(F)cc(F)c1)C(=O)N(C)c1ccc(OC)cc1.COc1ccc(N(C)C)cc1.C[C@@H](C=O)NC(=O)c1cc(F)c(F)cc1C=O.Cc1cc(F)cc(F)c1. The van der Waals surface area contributed by atoms with Gasteiger partial charge in [-0.2, -0.15) is 0 Å². The highest BCUT2D eigenvalue weighted by molar-refractivity contribution is 6.02. The summed E-state index contributed by atoms with van der Waals surface area (Å²) < 4.78 is 86.9. The van der Waals surface area contributed by atoms with Gasteiger partial charge in [-0.3, -0.25) is 14.4 Å². The smallest absolute Gasteiger partial charge is 0.252 e. The van der Waals surface area contributed by atoms with Gasteiger partial charge in [0, 0.05) is 50.2 Å². The molecule has 2 N–H and O–H groups in total. The summed E-state index contributed by atoms with van der Waals surface area (Å²) in [7, 11) is 10.6. The summed E-state index contributed by atoms with van der Waals surface area (Å²) in [6, 6.07) is 21.6. The van der Waals surface area contributed by atoms with Crippen LogP contribution in [0.3, 0.4) is 0 Å². The van der Waals surface area contributed by atoms with E-state index in [9.17, 15) is 45.5 Å². The van der Waals surface area contributed by atoms with Crippen molar-refractivity contribution >= 4 is 35.8 Å². The molecule has 5 aromatic carbocycles. The summed E-state index contributed by atoms with van der Waals surface area (Å²) >= 11 is 0. The lowest BCUT2D eigenvalue weighted by Gasteiger charge is -2.24. The van der Waals surface area contributed by atoms with Crippen LogP contribution in [-0.4, -0.2) is 78.9 Å². The van der Waals surface area contributed by atoms with Crippen molar-refractivity contribution in [2.75, 3.05) is 52.2 Å². The van der Waals surface area contributed by atoms with Crippen LogP contribution in [0.2, 0.25) is 0 Å². The molecule has 0 heterocycles. The fourth-order valence-corrected chi connectivity index (χ4v) is 5.19. The number of ether oxygens (including phenoxy) is 2. The maximum absolute atomic E-state index is 13.3. The quantitative estimate of drug-likeness (QED) is 0.0943. The van der Waals surface area contributed by atoms with E-state index in [1.165, 1.54) is 41.8 Å². The van der Waals surface area contributed by atoms with E-state index in [4.69, 9.17) is 9.47 Å². The van der Waals surface area contributed by atoms with Crippen molar-refractivity contribution in [2.45, 2.75) is 46.2 Å². The van der Waals surface area contributed by atoms with Gasteiger partial charge in [0.1, 0.15) is 41.1 Å². The van der Waals surface area contributed by atoms with Crippen LogP contribution in [0.1, 0.15) is 52.6 Å². The van der Waals surface area contributed by atoms with E-state index in [-0.39, 0.29) is 29.7 Å². The van der Waals surface area contributed by atoms with Gasteiger partial charge in [0.2, 0.25) is 5.91 Å². The number of rotatable bonds is 12. The molecule has 5 aromatic rings. The normalized spacial score (nSPS) is 10.8. The van der Waals surface area contributed by atoms with Crippen LogP contribution in [-0.2, 0) is 16.0 Å². The van der Waals surface area contributed by atoms with Crippen molar-refractivity contribution < 1.29 is 55.0 Å². The van der Waals surface area contributed by atoms with Crippen molar-refractivity contribution in [3.63, 3.8) is 0 Å². The average Bonchev–Trinajstić information content (AvgIpc) is 3.26. The molecule has 0 fully saturated rings. The third-order valence-electron chi connectivity index (χ3n) is 8.42. The minimum absolute atomic E-state index is 0.185. The lowest BCUT2D eigenvalue weighted by Crippen LogP contribution is -2.45. The molecule has 0 aliphatic carbocycles. The second-order valence-corrected chi connectivity index (χ2v) is 13.3. The molecule has 0 aromatic heterocycles. The van der Waals surface area contributed by atoms with Gasteiger partial charge in [0.05, 0.1) is 31.9 Å². The zero-order valence-electron chi connectivity index (χ0n) is 36.9. The molecule has 63 heavy (non-hydrogen) atoms. The van der Waals surface area contributed by atoms with Gasteiger partial charge in [-0.15, -0.1) is 0 Å². The number of aldehydes is 2. The first kappa shape index (κ1) is 54.3. The van der Waals surface area contributed by atoms with Crippen LogP contribution in [0.15, 0.2) is 97.1 Å². The van der Waals surface area contributed by atoms with Gasteiger partial charge < -0.3 is 34.7 Å². The van der Waals surface area contributed by atoms with E-state index in [2.05, 4.69) is 15.5 Å². The number of carbonyl (C=O) groups excluding carboxylic acids is 4. The molecule has 1 unspecified atom stereocenters. The molecule has 340 valence electrons. The molecular formula is C47H54F6N4O6. The van der Waals surface area contributed by atoms with Gasteiger partial charge in [-0.05, 0) is 123 Å². The number of amides is 2.